The van der Waals surface area contributed by atoms with Crippen LogP contribution in [-0.4, -0.2) is 27.7 Å². The molecule has 3 heteroatoms. The number of ether oxygens (including phenoxy) is 2. The number of unbranched alkanes of at least 4 members (excludes halogenated alkanes) is 30. The van der Waals surface area contributed by atoms with E-state index in [1.807, 2.05) is 0 Å². The van der Waals surface area contributed by atoms with Crippen LogP contribution in [0.2, 0.25) is 0 Å². The topological polar surface area (TPSA) is 18.5 Å². The van der Waals surface area contributed by atoms with Gasteiger partial charge in [0.1, 0.15) is 0 Å². The smallest absolute Gasteiger partial charge is 0.0654 e. The molecule has 1 aromatic rings. The minimum Gasteiger partial charge on any atom is -0.0654 e. The van der Waals surface area contributed by atoms with Gasteiger partial charge in [0.15, 0.2) is 0 Å². The molecule has 1 aromatic heterocycles. The van der Waals surface area contributed by atoms with E-state index < -0.39 is 0 Å². The Kier molecular flexibility index (Phi) is 34.2. The molecule has 47 heavy (non-hydrogen) atoms. The van der Waals surface area contributed by atoms with Crippen LogP contribution in [-0.2, 0) is 9.47 Å². The molecular formula is C44H84O2Se. The van der Waals surface area contributed by atoms with Crippen molar-refractivity contribution in [3.8, 4) is 0 Å². The first kappa shape index (κ1) is 44.9. The first-order chi connectivity index (χ1) is 23.2. The minimum atomic E-state index is 0.198. The van der Waals surface area contributed by atoms with Crippen molar-refractivity contribution < 1.29 is 9.47 Å². The predicted octanol–water partition coefficient (Wildman–Crippen LogP) is 15.4. The Balaban J connectivity index is 1.92. The van der Waals surface area contributed by atoms with E-state index in [1.165, 1.54) is 217 Å². The van der Waals surface area contributed by atoms with Crippen molar-refractivity contribution in [3.63, 3.8) is 0 Å². The van der Waals surface area contributed by atoms with Crippen LogP contribution in [0.25, 0.3) is 0 Å². The maximum absolute atomic E-state index is 6.31. The third-order valence-electron chi connectivity index (χ3n) is 10.3. The first-order valence-electron chi connectivity index (χ1n) is 21.5. The molecule has 2 nitrogen and oxygen atoms in total. The number of hydrogen-bond acceptors (Lipinski definition) is 2. The van der Waals surface area contributed by atoms with Gasteiger partial charge >= 0.3 is 174 Å². The van der Waals surface area contributed by atoms with Crippen molar-refractivity contribution >= 4 is 14.5 Å². The zero-order valence-corrected chi connectivity index (χ0v) is 34.3. The van der Waals surface area contributed by atoms with Crippen LogP contribution in [0, 0.1) is 0 Å². The van der Waals surface area contributed by atoms with Gasteiger partial charge in [0.05, 0.1) is 0 Å². The molecule has 2 unspecified atom stereocenters. The van der Waals surface area contributed by atoms with E-state index in [1.54, 1.807) is 0 Å². The second-order valence-corrected chi connectivity index (χ2v) is 16.5. The fourth-order valence-electron chi connectivity index (χ4n) is 6.98. The van der Waals surface area contributed by atoms with Gasteiger partial charge in [-0.2, -0.15) is 0 Å². The molecule has 0 bridgehead atoms. The van der Waals surface area contributed by atoms with Gasteiger partial charge in [0, 0.05) is 0 Å². The summed E-state index contributed by atoms with van der Waals surface area (Å²) in [6, 6.07) is 0. The van der Waals surface area contributed by atoms with Gasteiger partial charge in [-0.3, -0.25) is 0 Å². The molecule has 0 N–H and O–H groups in total. The van der Waals surface area contributed by atoms with Gasteiger partial charge in [0.25, 0.3) is 0 Å². The van der Waals surface area contributed by atoms with Crippen LogP contribution in [0.1, 0.15) is 256 Å². The van der Waals surface area contributed by atoms with E-state index >= 15 is 0 Å². The molecule has 0 aliphatic carbocycles. The number of hydrogen-bond donors (Lipinski definition) is 0. The molecular weight excluding hydrogens is 639 g/mol. The van der Waals surface area contributed by atoms with Crippen LogP contribution in [0.4, 0.5) is 0 Å². The quantitative estimate of drug-likeness (QED) is 0.0500. The van der Waals surface area contributed by atoms with Crippen molar-refractivity contribution in [2.24, 2.45) is 0 Å². The SMILES string of the molecule is CCCCCCCCCCCCCCCCCCOC(C)c1c[se]cc1C(C)OCCCCCCCCCCCCCCCCCC. The fourth-order valence-corrected chi connectivity index (χ4v) is 9.11. The number of rotatable bonds is 38. The van der Waals surface area contributed by atoms with E-state index in [4.69, 9.17) is 9.47 Å². The summed E-state index contributed by atoms with van der Waals surface area (Å²) in [4.78, 5) is 4.85. The zero-order chi connectivity index (χ0) is 33.9. The van der Waals surface area contributed by atoms with E-state index in [9.17, 15) is 0 Å². The third kappa shape index (κ3) is 28.3. The normalized spacial score (nSPS) is 13.0. The van der Waals surface area contributed by atoms with Crippen LogP contribution in [0.15, 0.2) is 9.88 Å². The van der Waals surface area contributed by atoms with Crippen molar-refractivity contribution in [2.45, 2.75) is 245 Å². The van der Waals surface area contributed by atoms with Gasteiger partial charge in [-0.15, -0.1) is 0 Å². The average Bonchev–Trinajstić information content (AvgIpc) is 3.58. The second-order valence-electron chi connectivity index (χ2n) is 14.9. The molecule has 0 spiro atoms. The Morgan fingerprint density at radius 3 is 0.809 bits per heavy atom. The van der Waals surface area contributed by atoms with E-state index in [2.05, 4.69) is 37.6 Å². The van der Waals surface area contributed by atoms with Crippen molar-refractivity contribution in [1.29, 1.82) is 0 Å². The van der Waals surface area contributed by atoms with Gasteiger partial charge in [0.2, 0.25) is 0 Å². The van der Waals surface area contributed by atoms with E-state index in [0.717, 1.165) is 13.2 Å². The van der Waals surface area contributed by atoms with Crippen molar-refractivity contribution in [3.05, 3.63) is 21.0 Å². The Labute approximate surface area is 302 Å². The minimum absolute atomic E-state index is 0.198. The Morgan fingerprint density at radius 2 is 0.574 bits per heavy atom. The summed E-state index contributed by atoms with van der Waals surface area (Å²) < 4.78 is 12.6. The molecule has 0 amide bonds. The molecule has 0 saturated carbocycles. The average molecular weight is 724 g/mol. The van der Waals surface area contributed by atoms with Gasteiger partial charge in [-0.05, 0) is 0 Å². The molecule has 0 radical (unpaired) electrons. The van der Waals surface area contributed by atoms with Crippen molar-refractivity contribution in [1.82, 2.24) is 0 Å². The summed E-state index contributed by atoms with van der Waals surface area (Å²) in [7, 11) is 0. The Hall–Kier alpha value is -0.0805. The van der Waals surface area contributed by atoms with Crippen LogP contribution in [0.3, 0.4) is 0 Å². The molecule has 278 valence electrons. The second kappa shape index (κ2) is 35.7. The summed E-state index contributed by atoms with van der Waals surface area (Å²) in [6.45, 7) is 10.9. The molecule has 0 aliphatic rings. The first-order valence-corrected chi connectivity index (χ1v) is 23.5. The van der Waals surface area contributed by atoms with Crippen LogP contribution in [0.5, 0.6) is 0 Å². The van der Waals surface area contributed by atoms with Crippen molar-refractivity contribution in [2.75, 3.05) is 13.2 Å². The van der Waals surface area contributed by atoms with E-state index in [-0.39, 0.29) is 12.2 Å². The summed E-state index contributed by atoms with van der Waals surface area (Å²) in [5.41, 5.74) is 2.81. The van der Waals surface area contributed by atoms with Gasteiger partial charge in [-0.25, -0.2) is 0 Å². The molecule has 0 fully saturated rings. The van der Waals surface area contributed by atoms with Crippen LogP contribution >= 0.6 is 0 Å². The predicted molar refractivity (Wildman–Crippen MR) is 211 cm³/mol. The Bertz CT molecular complexity index is 672. The van der Waals surface area contributed by atoms with Crippen LogP contribution < -0.4 is 0 Å². The molecule has 2 atom stereocenters. The summed E-state index contributed by atoms with van der Waals surface area (Å²) >= 11 is 0.461. The standard InChI is InChI=1S/C44H84O2Se/c1-5-7-9-11-13-15-17-19-21-23-25-27-29-31-33-35-37-45-41(3)43-39-47-40-44(43)42(4)46-38-36-34-32-30-28-26-24-22-20-18-16-14-12-10-8-6-2/h39-42H,5-38H2,1-4H3. The maximum atomic E-state index is 6.31. The van der Waals surface area contributed by atoms with E-state index in [0.29, 0.717) is 14.5 Å². The van der Waals surface area contributed by atoms with Gasteiger partial charge < -0.3 is 0 Å². The molecule has 1 rings (SSSR count). The molecule has 1 heterocycles. The summed E-state index contributed by atoms with van der Waals surface area (Å²) in [6.07, 6.45) is 45.6. The molecule has 0 aliphatic heterocycles. The molecule has 0 saturated heterocycles. The summed E-state index contributed by atoms with van der Waals surface area (Å²) in [5.74, 6) is 0. The summed E-state index contributed by atoms with van der Waals surface area (Å²) in [5, 5.41) is 0. The Morgan fingerprint density at radius 1 is 0.362 bits per heavy atom. The molecule has 0 aromatic carbocycles. The third-order valence-corrected chi connectivity index (χ3v) is 12.0. The fraction of sp³-hybridized carbons (Fsp3) is 0.909. The van der Waals surface area contributed by atoms with Gasteiger partial charge in [-0.1, -0.05) is 129 Å². The zero-order valence-electron chi connectivity index (χ0n) is 32.6. The monoisotopic (exact) mass is 725 g/mol.